The SMILES string of the molecule is CC1C2COC(=O)C12. The van der Waals surface area contributed by atoms with Gasteiger partial charge in [0.15, 0.2) is 0 Å². The maximum Gasteiger partial charge on any atom is 0.309 e. The van der Waals surface area contributed by atoms with Crippen LogP contribution in [-0.2, 0) is 9.53 Å². The molecular formula is C6H8O2. The van der Waals surface area contributed by atoms with E-state index in [0.717, 1.165) is 0 Å². The van der Waals surface area contributed by atoms with Crippen molar-refractivity contribution in [3.63, 3.8) is 0 Å². The Morgan fingerprint density at radius 2 is 2.50 bits per heavy atom. The van der Waals surface area contributed by atoms with E-state index in [2.05, 4.69) is 6.92 Å². The van der Waals surface area contributed by atoms with Crippen molar-refractivity contribution in [2.75, 3.05) is 6.61 Å². The zero-order valence-corrected chi connectivity index (χ0v) is 4.76. The lowest BCUT2D eigenvalue weighted by Gasteiger charge is -1.94. The largest absolute Gasteiger partial charge is 0.465 e. The van der Waals surface area contributed by atoms with Gasteiger partial charge >= 0.3 is 5.97 Å². The van der Waals surface area contributed by atoms with Crippen molar-refractivity contribution >= 4 is 5.97 Å². The fourth-order valence-electron chi connectivity index (χ4n) is 1.47. The summed E-state index contributed by atoms with van der Waals surface area (Å²) in [6.07, 6.45) is 0. The van der Waals surface area contributed by atoms with E-state index in [0.29, 0.717) is 18.4 Å². The first-order valence-electron chi connectivity index (χ1n) is 2.97. The summed E-state index contributed by atoms with van der Waals surface area (Å²) < 4.78 is 4.75. The van der Waals surface area contributed by atoms with Gasteiger partial charge in [-0.05, 0) is 5.92 Å². The molecule has 1 aliphatic carbocycles. The molecule has 1 aliphatic heterocycles. The van der Waals surface area contributed by atoms with Gasteiger partial charge in [-0.15, -0.1) is 0 Å². The highest BCUT2D eigenvalue weighted by molar-refractivity contribution is 5.78. The number of hydrogen-bond donors (Lipinski definition) is 0. The van der Waals surface area contributed by atoms with E-state index in [1.807, 2.05) is 0 Å². The average Bonchev–Trinajstić information content (AvgIpc) is 2.13. The second-order valence-electron chi connectivity index (χ2n) is 2.68. The van der Waals surface area contributed by atoms with Crippen LogP contribution in [0, 0.1) is 17.8 Å². The molecule has 3 unspecified atom stereocenters. The topological polar surface area (TPSA) is 26.3 Å². The number of rotatable bonds is 0. The highest BCUT2D eigenvalue weighted by Crippen LogP contribution is 2.50. The summed E-state index contributed by atoms with van der Waals surface area (Å²) >= 11 is 0. The predicted octanol–water partition coefficient (Wildman–Crippen LogP) is 0.425. The van der Waals surface area contributed by atoms with Crippen LogP contribution < -0.4 is 0 Å². The van der Waals surface area contributed by atoms with Crippen molar-refractivity contribution in [2.45, 2.75) is 6.92 Å². The van der Waals surface area contributed by atoms with Gasteiger partial charge in [0.25, 0.3) is 0 Å². The molecule has 1 heterocycles. The first-order chi connectivity index (χ1) is 3.80. The Balaban J connectivity index is 2.18. The van der Waals surface area contributed by atoms with Gasteiger partial charge in [0, 0.05) is 5.92 Å². The lowest BCUT2D eigenvalue weighted by atomic mass is 10.3. The van der Waals surface area contributed by atoms with E-state index in [-0.39, 0.29) is 11.9 Å². The second kappa shape index (κ2) is 1.07. The molecule has 0 aromatic rings. The first kappa shape index (κ1) is 4.36. The quantitative estimate of drug-likeness (QED) is 0.425. The van der Waals surface area contributed by atoms with Crippen LogP contribution in [-0.4, -0.2) is 12.6 Å². The molecule has 8 heavy (non-hydrogen) atoms. The van der Waals surface area contributed by atoms with Crippen LogP contribution in [0.1, 0.15) is 6.92 Å². The summed E-state index contributed by atoms with van der Waals surface area (Å²) in [7, 11) is 0. The third-order valence-corrected chi connectivity index (χ3v) is 2.25. The minimum atomic E-state index is 0.0301. The molecule has 0 bridgehead atoms. The van der Waals surface area contributed by atoms with Gasteiger partial charge in [-0.25, -0.2) is 0 Å². The van der Waals surface area contributed by atoms with Gasteiger partial charge in [-0.1, -0.05) is 6.92 Å². The normalized spacial score (nSPS) is 50.6. The first-order valence-corrected chi connectivity index (χ1v) is 2.97. The number of ether oxygens (including phenoxy) is 1. The summed E-state index contributed by atoms with van der Waals surface area (Å²) in [6.45, 7) is 2.79. The summed E-state index contributed by atoms with van der Waals surface area (Å²) in [4.78, 5) is 10.6. The van der Waals surface area contributed by atoms with Gasteiger partial charge in [-0.3, -0.25) is 4.79 Å². The standard InChI is InChI=1S/C6H8O2/c1-3-4-2-8-6(7)5(3)4/h3-5H,2H2,1H3. The van der Waals surface area contributed by atoms with Crippen molar-refractivity contribution in [3.8, 4) is 0 Å². The van der Waals surface area contributed by atoms with Crippen molar-refractivity contribution in [2.24, 2.45) is 17.8 Å². The number of cyclic esters (lactones) is 1. The second-order valence-corrected chi connectivity index (χ2v) is 2.68. The Hall–Kier alpha value is -0.530. The fraction of sp³-hybridized carbons (Fsp3) is 0.833. The average molecular weight is 112 g/mol. The monoisotopic (exact) mass is 112 g/mol. The summed E-state index contributed by atoms with van der Waals surface area (Å²) in [5.41, 5.74) is 0. The third kappa shape index (κ3) is 0.320. The molecule has 0 amide bonds. The molecule has 2 fully saturated rings. The van der Waals surface area contributed by atoms with Gasteiger partial charge < -0.3 is 4.74 Å². The van der Waals surface area contributed by atoms with Crippen LogP contribution in [0.5, 0.6) is 0 Å². The van der Waals surface area contributed by atoms with Crippen LogP contribution in [0.15, 0.2) is 0 Å². The van der Waals surface area contributed by atoms with E-state index < -0.39 is 0 Å². The number of esters is 1. The van der Waals surface area contributed by atoms with E-state index >= 15 is 0 Å². The van der Waals surface area contributed by atoms with Crippen molar-refractivity contribution in [1.29, 1.82) is 0 Å². The number of hydrogen-bond acceptors (Lipinski definition) is 2. The maximum atomic E-state index is 10.6. The van der Waals surface area contributed by atoms with E-state index in [1.165, 1.54) is 0 Å². The van der Waals surface area contributed by atoms with Gasteiger partial charge in [-0.2, -0.15) is 0 Å². The van der Waals surface area contributed by atoms with Crippen molar-refractivity contribution < 1.29 is 9.53 Å². The lowest BCUT2D eigenvalue weighted by Crippen LogP contribution is -2.02. The minimum Gasteiger partial charge on any atom is -0.465 e. The molecule has 1 saturated heterocycles. The molecular weight excluding hydrogens is 104 g/mol. The minimum absolute atomic E-state index is 0.0301. The Bertz CT molecular complexity index is 141. The summed E-state index contributed by atoms with van der Waals surface area (Å²) in [5.74, 6) is 1.52. The Labute approximate surface area is 47.8 Å². The highest BCUT2D eigenvalue weighted by Gasteiger charge is 2.57. The molecule has 3 atom stereocenters. The Morgan fingerprint density at radius 3 is 2.75 bits per heavy atom. The van der Waals surface area contributed by atoms with Crippen LogP contribution in [0.3, 0.4) is 0 Å². The zero-order chi connectivity index (χ0) is 5.72. The molecule has 0 N–H and O–H groups in total. The number of fused-ring (bicyclic) bond motifs is 1. The van der Waals surface area contributed by atoms with E-state index in [1.54, 1.807) is 0 Å². The molecule has 2 aliphatic rings. The third-order valence-electron chi connectivity index (χ3n) is 2.25. The van der Waals surface area contributed by atoms with E-state index in [4.69, 9.17) is 4.74 Å². The lowest BCUT2D eigenvalue weighted by molar-refractivity contribution is -0.141. The smallest absolute Gasteiger partial charge is 0.309 e. The molecule has 2 nitrogen and oxygen atoms in total. The molecule has 2 heteroatoms. The van der Waals surface area contributed by atoms with E-state index in [9.17, 15) is 4.79 Å². The van der Waals surface area contributed by atoms with Gasteiger partial charge in [0.05, 0.1) is 12.5 Å². The van der Waals surface area contributed by atoms with Crippen molar-refractivity contribution in [1.82, 2.24) is 0 Å². The van der Waals surface area contributed by atoms with Crippen LogP contribution in [0.25, 0.3) is 0 Å². The van der Waals surface area contributed by atoms with Crippen LogP contribution >= 0.6 is 0 Å². The molecule has 0 radical (unpaired) electrons. The summed E-state index contributed by atoms with van der Waals surface area (Å²) in [6, 6.07) is 0. The highest BCUT2D eigenvalue weighted by atomic mass is 16.5. The molecule has 2 rings (SSSR count). The Kier molecular flexibility index (Phi) is 0.581. The zero-order valence-electron chi connectivity index (χ0n) is 4.76. The molecule has 0 aromatic heterocycles. The van der Waals surface area contributed by atoms with Gasteiger partial charge in [0.2, 0.25) is 0 Å². The van der Waals surface area contributed by atoms with Crippen LogP contribution in [0.2, 0.25) is 0 Å². The maximum absolute atomic E-state index is 10.6. The molecule has 44 valence electrons. The van der Waals surface area contributed by atoms with Gasteiger partial charge in [0.1, 0.15) is 0 Å². The molecule has 1 saturated carbocycles. The summed E-state index contributed by atoms with van der Waals surface area (Å²) in [5, 5.41) is 0. The molecule has 0 spiro atoms. The number of carbonyl (C=O) groups is 1. The fourth-order valence-corrected chi connectivity index (χ4v) is 1.47. The predicted molar refractivity (Wildman–Crippen MR) is 27.1 cm³/mol. The van der Waals surface area contributed by atoms with Crippen LogP contribution in [0.4, 0.5) is 0 Å². The van der Waals surface area contributed by atoms with Crippen molar-refractivity contribution in [3.05, 3.63) is 0 Å². The Morgan fingerprint density at radius 1 is 1.75 bits per heavy atom. The molecule has 0 aromatic carbocycles. The number of carbonyl (C=O) groups excluding carboxylic acids is 1.